The Morgan fingerprint density at radius 3 is 2.89 bits per heavy atom. The number of aromatic nitrogens is 4. The minimum Gasteiger partial charge on any atom is -0.226 e. The summed E-state index contributed by atoms with van der Waals surface area (Å²) in [5.74, 6) is -0.399. The molecule has 0 N–H and O–H groups in total. The van der Waals surface area contributed by atoms with Gasteiger partial charge >= 0.3 is 0 Å². The molecule has 0 spiro atoms. The molecule has 0 saturated heterocycles. The van der Waals surface area contributed by atoms with Gasteiger partial charge in [0.05, 0.1) is 11.6 Å². The molecule has 2 heterocycles. The van der Waals surface area contributed by atoms with E-state index >= 15 is 0 Å². The van der Waals surface area contributed by atoms with Crippen LogP contribution in [0.3, 0.4) is 0 Å². The Kier molecular flexibility index (Phi) is 2.76. The number of benzene rings is 1. The highest BCUT2D eigenvalue weighted by molar-refractivity contribution is 9.10. The smallest absolute Gasteiger partial charge is 0.224 e. The van der Waals surface area contributed by atoms with Gasteiger partial charge in [0.1, 0.15) is 11.5 Å². The Balaban J connectivity index is 2.28. The average Bonchev–Trinajstić information content (AvgIpc) is 2.72. The first-order chi connectivity index (χ1) is 8.65. The lowest BCUT2D eigenvalue weighted by Crippen LogP contribution is -2.01. The highest BCUT2D eigenvalue weighted by Crippen LogP contribution is 2.22. The van der Waals surface area contributed by atoms with Gasteiger partial charge in [-0.25, -0.2) is 14.1 Å². The van der Waals surface area contributed by atoms with Gasteiger partial charge < -0.3 is 0 Å². The molecule has 4 nitrogen and oxygen atoms in total. The van der Waals surface area contributed by atoms with Crippen LogP contribution in [0.2, 0.25) is 5.28 Å². The third-order valence-corrected chi connectivity index (χ3v) is 3.09. The monoisotopic (exact) mass is 326 g/mol. The highest BCUT2D eigenvalue weighted by atomic mass is 79.9. The van der Waals surface area contributed by atoms with E-state index in [2.05, 4.69) is 31.0 Å². The van der Waals surface area contributed by atoms with Crippen LogP contribution in [0.4, 0.5) is 4.39 Å². The summed E-state index contributed by atoms with van der Waals surface area (Å²) in [5, 5.41) is 4.89. The van der Waals surface area contributed by atoms with Crippen LogP contribution in [0.5, 0.6) is 0 Å². The third-order valence-electron chi connectivity index (χ3n) is 2.42. The second-order valence-corrected chi connectivity index (χ2v) is 4.82. The number of halogens is 3. The maximum atomic E-state index is 13.9. The highest BCUT2D eigenvalue weighted by Gasteiger charge is 2.11. The van der Waals surface area contributed by atoms with Gasteiger partial charge in [0.25, 0.3) is 0 Å². The average molecular weight is 328 g/mol. The second-order valence-electron chi connectivity index (χ2n) is 3.57. The summed E-state index contributed by atoms with van der Waals surface area (Å²) in [6.45, 7) is 0. The summed E-state index contributed by atoms with van der Waals surface area (Å²) in [4.78, 5) is 7.90. The first-order valence-electron chi connectivity index (χ1n) is 4.97. The molecule has 90 valence electrons. The van der Waals surface area contributed by atoms with Crippen molar-refractivity contribution in [3.63, 3.8) is 0 Å². The molecule has 2 aromatic heterocycles. The van der Waals surface area contributed by atoms with Crippen molar-refractivity contribution in [2.75, 3.05) is 0 Å². The quantitative estimate of drug-likeness (QED) is 0.644. The number of hydrogen-bond acceptors (Lipinski definition) is 3. The molecule has 3 rings (SSSR count). The summed E-state index contributed by atoms with van der Waals surface area (Å²) < 4.78 is 15.9. The van der Waals surface area contributed by atoms with Crippen LogP contribution in [-0.2, 0) is 0 Å². The van der Waals surface area contributed by atoms with E-state index in [0.29, 0.717) is 21.2 Å². The van der Waals surface area contributed by atoms with Crippen LogP contribution in [0.15, 0.2) is 35.1 Å². The predicted octanol–water partition coefficient (Wildman–Crippen LogP) is 3.37. The van der Waals surface area contributed by atoms with Crippen molar-refractivity contribution in [1.29, 1.82) is 0 Å². The Bertz CT molecular complexity index is 743. The minimum absolute atomic E-state index is 0.0989. The second kappa shape index (κ2) is 4.29. The van der Waals surface area contributed by atoms with E-state index in [1.165, 1.54) is 10.7 Å². The predicted molar refractivity (Wildman–Crippen MR) is 69.3 cm³/mol. The Labute approximate surface area is 115 Å². The molecule has 0 aliphatic heterocycles. The lowest BCUT2D eigenvalue weighted by Gasteiger charge is -2.04. The number of hydrogen-bond donors (Lipinski definition) is 0. The molecule has 0 aliphatic rings. The van der Waals surface area contributed by atoms with Crippen LogP contribution < -0.4 is 0 Å². The fourth-order valence-electron chi connectivity index (χ4n) is 1.63. The van der Waals surface area contributed by atoms with E-state index in [9.17, 15) is 4.39 Å². The first-order valence-corrected chi connectivity index (χ1v) is 6.14. The van der Waals surface area contributed by atoms with E-state index in [0.717, 1.165) is 0 Å². The van der Waals surface area contributed by atoms with Crippen molar-refractivity contribution in [3.8, 4) is 5.69 Å². The molecule has 0 radical (unpaired) electrons. The molecule has 18 heavy (non-hydrogen) atoms. The lowest BCUT2D eigenvalue weighted by atomic mass is 10.3. The molecule has 7 heteroatoms. The maximum Gasteiger partial charge on any atom is 0.224 e. The first kappa shape index (κ1) is 11.6. The normalized spacial score (nSPS) is 11.1. The molecule has 0 aliphatic carbocycles. The van der Waals surface area contributed by atoms with E-state index in [1.807, 2.05) is 0 Å². The maximum absolute atomic E-state index is 13.9. The van der Waals surface area contributed by atoms with Crippen LogP contribution in [-0.4, -0.2) is 19.7 Å². The van der Waals surface area contributed by atoms with Crippen molar-refractivity contribution in [1.82, 2.24) is 19.7 Å². The summed E-state index contributed by atoms with van der Waals surface area (Å²) in [6, 6.07) is 4.71. The number of fused-ring (bicyclic) bond motifs is 1. The van der Waals surface area contributed by atoms with Crippen LogP contribution >= 0.6 is 27.5 Å². The van der Waals surface area contributed by atoms with Gasteiger partial charge in [0.15, 0.2) is 5.65 Å². The third kappa shape index (κ3) is 1.87. The van der Waals surface area contributed by atoms with Crippen molar-refractivity contribution in [2.45, 2.75) is 0 Å². The molecule has 0 bridgehead atoms. The van der Waals surface area contributed by atoms with Crippen LogP contribution in [0.25, 0.3) is 16.7 Å². The molecule has 0 amide bonds. The Hall–Kier alpha value is -1.53. The zero-order chi connectivity index (χ0) is 12.7. The molecule has 0 saturated carbocycles. The molecule has 1 aromatic carbocycles. The number of nitrogens with zero attached hydrogens (tertiary/aromatic N) is 4. The summed E-state index contributed by atoms with van der Waals surface area (Å²) >= 11 is 8.94. The van der Waals surface area contributed by atoms with E-state index < -0.39 is 5.82 Å². The Morgan fingerprint density at radius 1 is 1.28 bits per heavy atom. The van der Waals surface area contributed by atoms with E-state index in [4.69, 9.17) is 11.6 Å². The largest absolute Gasteiger partial charge is 0.226 e. The summed E-state index contributed by atoms with van der Waals surface area (Å²) in [5.41, 5.74) is 0.777. The van der Waals surface area contributed by atoms with Gasteiger partial charge in [-0.05, 0) is 29.8 Å². The molecule has 0 atom stereocenters. The van der Waals surface area contributed by atoms with Gasteiger partial charge in [-0.15, -0.1) is 0 Å². The minimum atomic E-state index is -0.399. The fraction of sp³-hybridized carbons (Fsp3) is 0. The van der Waals surface area contributed by atoms with Gasteiger partial charge in [0, 0.05) is 10.7 Å². The molecular formula is C11H5BrClFN4. The SMILES string of the molecule is Fc1cc(Br)ccc1-n1ncc2cnc(Cl)nc21. The zero-order valence-corrected chi connectivity index (χ0v) is 11.2. The zero-order valence-electron chi connectivity index (χ0n) is 8.81. The van der Waals surface area contributed by atoms with E-state index in [-0.39, 0.29) is 5.28 Å². The standard InChI is InChI=1S/C11H5BrClFN4/c12-7-1-2-9(8(14)3-7)18-10-6(5-16-18)4-15-11(13)17-10/h1-5H. The van der Waals surface area contributed by atoms with Gasteiger partial charge in [-0.2, -0.15) is 10.1 Å². The van der Waals surface area contributed by atoms with E-state index in [1.54, 1.807) is 24.5 Å². The molecule has 0 unspecified atom stereocenters. The van der Waals surface area contributed by atoms with Crippen molar-refractivity contribution in [2.24, 2.45) is 0 Å². The summed E-state index contributed by atoms with van der Waals surface area (Å²) in [7, 11) is 0. The summed E-state index contributed by atoms with van der Waals surface area (Å²) in [6.07, 6.45) is 3.11. The van der Waals surface area contributed by atoms with Gasteiger partial charge in [-0.1, -0.05) is 15.9 Å². The van der Waals surface area contributed by atoms with Crippen molar-refractivity contribution < 1.29 is 4.39 Å². The van der Waals surface area contributed by atoms with Crippen molar-refractivity contribution in [3.05, 3.63) is 46.2 Å². The topological polar surface area (TPSA) is 43.6 Å². The fourth-order valence-corrected chi connectivity index (χ4v) is 2.09. The van der Waals surface area contributed by atoms with Crippen molar-refractivity contribution >= 4 is 38.6 Å². The van der Waals surface area contributed by atoms with Gasteiger partial charge in [-0.3, -0.25) is 0 Å². The Morgan fingerprint density at radius 2 is 2.11 bits per heavy atom. The molecule has 0 fully saturated rings. The molecule has 3 aromatic rings. The lowest BCUT2D eigenvalue weighted by molar-refractivity contribution is 0.611. The van der Waals surface area contributed by atoms with Crippen LogP contribution in [0, 0.1) is 5.82 Å². The number of rotatable bonds is 1. The van der Waals surface area contributed by atoms with Gasteiger partial charge in [0.2, 0.25) is 5.28 Å². The van der Waals surface area contributed by atoms with Crippen LogP contribution in [0.1, 0.15) is 0 Å². The molecular weight excluding hydrogens is 323 g/mol.